The van der Waals surface area contributed by atoms with Gasteiger partial charge in [0.05, 0.1) is 5.75 Å². The van der Waals surface area contributed by atoms with E-state index in [1.807, 2.05) is 30.3 Å². The molecule has 0 saturated heterocycles. The molecule has 0 atom stereocenters. The molecule has 0 radical (unpaired) electrons. The number of benzene rings is 2. The minimum Gasteiger partial charge on any atom is -0.460 e. The minimum atomic E-state index is -1.93. The number of esters is 1. The monoisotopic (exact) mass is 569 g/mol. The molecule has 0 aliphatic heterocycles. The van der Waals surface area contributed by atoms with Gasteiger partial charge in [0.15, 0.2) is 17.5 Å². The van der Waals surface area contributed by atoms with Gasteiger partial charge in [0.25, 0.3) is 0 Å². The quantitative estimate of drug-likeness (QED) is 0.180. The molecule has 3 aromatic rings. The third-order valence-corrected chi connectivity index (χ3v) is 5.85. The predicted octanol–water partition coefficient (Wildman–Crippen LogP) is 7.03. The van der Waals surface area contributed by atoms with Crippen LogP contribution in [-0.4, -0.2) is 26.7 Å². The van der Waals surface area contributed by atoms with Crippen LogP contribution >= 0.6 is 81.4 Å². The first-order valence-corrected chi connectivity index (χ1v) is 12.1. The number of nitrogens with zero attached hydrogens (tertiary/aromatic N) is 3. The molecule has 0 spiro atoms. The maximum absolute atomic E-state index is 12.0. The third-order valence-electron chi connectivity index (χ3n) is 3.85. The molecule has 0 unspecified atom stereocenters. The highest BCUT2D eigenvalue weighted by Crippen LogP contribution is 2.40. The molecular formula is C20H13Cl6N3O2S. The maximum Gasteiger partial charge on any atom is 0.316 e. The fraction of sp³-hybridized carbons (Fsp3) is 0.200. The summed E-state index contributed by atoms with van der Waals surface area (Å²) in [7, 11) is 0. The van der Waals surface area contributed by atoms with Gasteiger partial charge in [0, 0.05) is 10.5 Å². The first kappa shape index (κ1) is 25.6. The molecule has 0 aliphatic rings. The average molecular weight is 572 g/mol. The van der Waals surface area contributed by atoms with Crippen LogP contribution in [-0.2, 0) is 23.7 Å². The largest absolute Gasteiger partial charge is 0.460 e. The summed E-state index contributed by atoms with van der Waals surface area (Å²) in [6.07, 6.45) is 0. The van der Waals surface area contributed by atoms with Gasteiger partial charge in [0.2, 0.25) is 7.59 Å². The highest BCUT2D eigenvalue weighted by molar-refractivity contribution is 8.00. The number of halogens is 6. The van der Waals surface area contributed by atoms with Crippen LogP contribution in [0.15, 0.2) is 59.5 Å². The number of thioether (sulfide) groups is 1. The molecule has 32 heavy (non-hydrogen) atoms. The second-order valence-electron chi connectivity index (χ2n) is 6.26. The van der Waals surface area contributed by atoms with Crippen LogP contribution in [0.5, 0.6) is 0 Å². The van der Waals surface area contributed by atoms with E-state index < -0.39 is 7.59 Å². The smallest absolute Gasteiger partial charge is 0.316 e. The summed E-state index contributed by atoms with van der Waals surface area (Å²) >= 11 is 36.7. The Morgan fingerprint density at radius 1 is 0.812 bits per heavy atom. The molecule has 3 rings (SSSR count). The van der Waals surface area contributed by atoms with Crippen LogP contribution in [0.2, 0.25) is 0 Å². The van der Waals surface area contributed by atoms with E-state index in [2.05, 4.69) is 15.0 Å². The number of alkyl halides is 6. The van der Waals surface area contributed by atoms with Crippen molar-refractivity contribution >= 4 is 87.3 Å². The molecule has 5 nitrogen and oxygen atoms in total. The Labute approximate surface area is 218 Å². The van der Waals surface area contributed by atoms with Crippen molar-refractivity contribution in [3.63, 3.8) is 0 Å². The fourth-order valence-corrected chi connectivity index (χ4v) is 3.58. The van der Waals surface area contributed by atoms with E-state index in [0.29, 0.717) is 5.56 Å². The molecule has 0 fully saturated rings. The lowest BCUT2D eigenvalue weighted by Crippen LogP contribution is -2.16. The van der Waals surface area contributed by atoms with Crippen molar-refractivity contribution in [3.05, 3.63) is 71.8 Å². The molecule has 1 heterocycles. The predicted molar refractivity (Wildman–Crippen MR) is 131 cm³/mol. The zero-order valence-electron chi connectivity index (χ0n) is 15.9. The summed E-state index contributed by atoms with van der Waals surface area (Å²) in [4.78, 5) is 25.1. The van der Waals surface area contributed by atoms with Crippen LogP contribution in [0, 0.1) is 0 Å². The van der Waals surface area contributed by atoms with E-state index in [4.69, 9.17) is 74.3 Å². The molecule has 12 heteroatoms. The number of aromatic nitrogens is 3. The van der Waals surface area contributed by atoms with Crippen molar-refractivity contribution in [2.45, 2.75) is 19.1 Å². The van der Waals surface area contributed by atoms with E-state index in [1.165, 1.54) is 11.8 Å². The Morgan fingerprint density at radius 2 is 1.38 bits per heavy atom. The number of hydrogen-bond donors (Lipinski definition) is 0. The summed E-state index contributed by atoms with van der Waals surface area (Å²) in [5, 5.41) is 0. The van der Waals surface area contributed by atoms with Crippen molar-refractivity contribution in [2.24, 2.45) is 0 Å². The van der Waals surface area contributed by atoms with Crippen LogP contribution in [0.25, 0.3) is 11.4 Å². The minimum absolute atomic E-state index is 0.159. The zero-order chi connectivity index (χ0) is 23.4. The molecule has 0 bridgehead atoms. The van der Waals surface area contributed by atoms with Gasteiger partial charge in [-0.2, -0.15) is 0 Å². The van der Waals surface area contributed by atoms with E-state index in [-0.39, 0.29) is 35.8 Å². The van der Waals surface area contributed by atoms with Crippen LogP contribution in [0.3, 0.4) is 0 Å². The number of rotatable bonds is 6. The fourth-order valence-electron chi connectivity index (χ4n) is 2.38. The zero-order valence-corrected chi connectivity index (χ0v) is 21.3. The molecule has 0 amide bonds. The van der Waals surface area contributed by atoms with Gasteiger partial charge in [-0.1, -0.05) is 112 Å². The van der Waals surface area contributed by atoms with Crippen molar-refractivity contribution < 1.29 is 9.53 Å². The van der Waals surface area contributed by atoms with Crippen molar-refractivity contribution in [2.75, 3.05) is 5.75 Å². The molecule has 0 saturated carbocycles. The van der Waals surface area contributed by atoms with Crippen LogP contribution in [0.1, 0.15) is 17.2 Å². The van der Waals surface area contributed by atoms with Gasteiger partial charge >= 0.3 is 5.97 Å². The number of hydrogen-bond acceptors (Lipinski definition) is 6. The van der Waals surface area contributed by atoms with Gasteiger partial charge in [-0.05, 0) is 17.7 Å². The lowest BCUT2D eigenvalue weighted by molar-refractivity contribution is -0.141. The Kier molecular flexibility index (Phi) is 8.78. The van der Waals surface area contributed by atoms with Gasteiger partial charge in [-0.25, -0.2) is 15.0 Å². The van der Waals surface area contributed by atoms with E-state index in [0.717, 1.165) is 10.5 Å². The van der Waals surface area contributed by atoms with Crippen molar-refractivity contribution in [1.29, 1.82) is 0 Å². The average Bonchev–Trinajstić information content (AvgIpc) is 2.76. The van der Waals surface area contributed by atoms with Gasteiger partial charge in [-0.15, -0.1) is 11.8 Å². The first-order chi connectivity index (χ1) is 15.0. The van der Waals surface area contributed by atoms with Crippen LogP contribution < -0.4 is 0 Å². The summed E-state index contributed by atoms with van der Waals surface area (Å²) in [6.45, 7) is 0.232. The van der Waals surface area contributed by atoms with Gasteiger partial charge < -0.3 is 4.74 Å². The highest BCUT2D eigenvalue weighted by Gasteiger charge is 2.34. The SMILES string of the molecule is O=C(CSc1ccc(-c2nc(C(Cl)(Cl)Cl)nc(C(Cl)(Cl)Cl)n2)cc1)OCc1ccccc1. The summed E-state index contributed by atoms with van der Waals surface area (Å²) < 4.78 is 1.41. The molecule has 0 aliphatic carbocycles. The molecule has 0 N–H and O–H groups in total. The number of ether oxygens (including phenoxy) is 1. The second kappa shape index (κ2) is 11.0. The highest BCUT2D eigenvalue weighted by atomic mass is 35.6. The molecule has 1 aromatic heterocycles. The molecular weight excluding hydrogens is 559 g/mol. The summed E-state index contributed by atoms with van der Waals surface area (Å²) in [5.41, 5.74) is 1.51. The van der Waals surface area contributed by atoms with Crippen LogP contribution in [0.4, 0.5) is 0 Å². The molecule has 2 aromatic carbocycles. The Bertz CT molecular complexity index is 1040. The number of carbonyl (C=O) groups is 1. The normalized spacial score (nSPS) is 11.9. The Morgan fingerprint density at radius 3 is 1.91 bits per heavy atom. The van der Waals surface area contributed by atoms with Crippen molar-refractivity contribution in [1.82, 2.24) is 15.0 Å². The Balaban J connectivity index is 1.68. The van der Waals surface area contributed by atoms with E-state index >= 15 is 0 Å². The lowest BCUT2D eigenvalue weighted by Gasteiger charge is -2.15. The standard InChI is InChI=1S/C20H13Cl6N3O2S/c21-19(22,23)17-27-16(28-18(29-17)20(24,25)26)13-6-8-14(9-7-13)32-11-15(30)31-10-12-4-2-1-3-5-12/h1-9H,10-11H2. The summed E-state index contributed by atoms with van der Waals surface area (Å²) in [5.74, 6) is -0.337. The maximum atomic E-state index is 12.0. The van der Waals surface area contributed by atoms with Gasteiger partial charge in [0.1, 0.15) is 6.61 Å². The first-order valence-electron chi connectivity index (χ1n) is 8.85. The lowest BCUT2D eigenvalue weighted by atomic mass is 10.2. The Hall–Kier alpha value is -0.990. The number of carbonyl (C=O) groups excluding carboxylic acids is 1. The van der Waals surface area contributed by atoms with Crippen molar-refractivity contribution in [3.8, 4) is 11.4 Å². The summed E-state index contributed by atoms with van der Waals surface area (Å²) in [6, 6.07) is 16.5. The van der Waals surface area contributed by atoms with E-state index in [1.54, 1.807) is 24.3 Å². The second-order valence-corrected chi connectivity index (χ2v) is 11.9. The van der Waals surface area contributed by atoms with Gasteiger partial charge in [-0.3, -0.25) is 4.79 Å². The topological polar surface area (TPSA) is 65.0 Å². The third kappa shape index (κ3) is 7.52. The molecule has 168 valence electrons. The van der Waals surface area contributed by atoms with E-state index in [9.17, 15) is 4.79 Å².